The minimum absolute atomic E-state index is 0.0604. The van der Waals surface area contributed by atoms with Gasteiger partial charge in [-0.2, -0.15) is 0 Å². The SMILES string of the molecule is O=C(O)Cc1ccc(OC(=O)Cl)cc1. The summed E-state index contributed by atoms with van der Waals surface area (Å²) in [6.45, 7) is 0. The summed E-state index contributed by atoms with van der Waals surface area (Å²) in [6.07, 6.45) is -0.0604. The standard InChI is InChI=1S/C9H7ClO4/c10-9(13)14-7-3-1-6(2-4-7)5-8(11)12/h1-4H,5H2,(H,11,12). The number of carbonyl (C=O) groups excluding carboxylic acids is 1. The molecular weight excluding hydrogens is 208 g/mol. The molecule has 0 aliphatic rings. The van der Waals surface area contributed by atoms with Crippen LogP contribution < -0.4 is 4.74 Å². The van der Waals surface area contributed by atoms with Crippen LogP contribution in [0.1, 0.15) is 5.56 Å². The van der Waals surface area contributed by atoms with E-state index in [-0.39, 0.29) is 6.42 Å². The molecule has 0 aliphatic carbocycles. The smallest absolute Gasteiger partial charge is 0.409 e. The van der Waals surface area contributed by atoms with Crippen molar-refractivity contribution in [3.8, 4) is 5.75 Å². The van der Waals surface area contributed by atoms with Crippen LogP contribution in [0.15, 0.2) is 24.3 Å². The minimum Gasteiger partial charge on any atom is -0.481 e. The molecule has 0 heterocycles. The summed E-state index contributed by atoms with van der Waals surface area (Å²) < 4.78 is 4.55. The molecule has 4 nitrogen and oxygen atoms in total. The number of carbonyl (C=O) groups is 2. The average molecular weight is 215 g/mol. The molecule has 0 aliphatic heterocycles. The molecule has 14 heavy (non-hydrogen) atoms. The molecule has 0 fully saturated rings. The van der Waals surface area contributed by atoms with Crippen molar-refractivity contribution in [3.63, 3.8) is 0 Å². The molecule has 0 unspecified atom stereocenters. The van der Waals surface area contributed by atoms with Gasteiger partial charge in [-0.1, -0.05) is 12.1 Å². The number of ether oxygens (including phenoxy) is 1. The molecule has 0 aromatic heterocycles. The van der Waals surface area contributed by atoms with Crippen LogP contribution in [0.2, 0.25) is 0 Å². The maximum atomic E-state index is 10.3. The Morgan fingerprint density at radius 1 is 1.29 bits per heavy atom. The fourth-order valence-electron chi connectivity index (χ4n) is 0.943. The van der Waals surface area contributed by atoms with E-state index in [1.165, 1.54) is 12.1 Å². The molecule has 1 aromatic carbocycles. The van der Waals surface area contributed by atoms with Crippen LogP contribution in [0.5, 0.6) is 5.75 Å². The van der Waals surface area contributed by atoms with E-state index in [4.69, 9.17) is 16.7 Å². The Morgan fingerprint density at radius 3 is 2.29 bits per heavy atom. The van der Waals surface area contributed by atoms with E-state index in [0.29, 0.717) is 11.3 Å². The first kappa shape index (κ1) is 10.5. The highest BCUT2D eigenvalue weighted by Crippen LogP contribution is 2.13. The molecule has 0 amide bonds. The zero-order chi connectivity index (χ0) is 10.6. The predicted molar refractivity (Wildman–Crippen MR) is 49.7 cm³/mol. The number of benzene rings is 1. The van der Waals surface area contributed by atoms with Crippen LogP contribution in [0, 0.1) is 0 Å². The third kappa shape index (κ3) is 3.45. The lowest BCUT2D eigenvalue weighted by Gasteiger charge is -2.00. The normalized spacial score (nSPS) is 9.50. The van der Waals surface area contributed by atoms with Gasteiger partial charge in [0.15, 0.2) is 0 Å². The van der Waals surface area contributed by atoms with Crippen molar-refractivity contribution in [2.45, 2.75) is 6.42 Å². The summed E-state index contributed by atoms with van der Waals surface area (Å²) in [5.41, 5.74) is -0.289. The second-order valence-electron chi connectivity index (χ2n) is 2.55. The molecule has 0 spiro atoms. The molecule has 0 radical (unpaired) electrons. The molecule has 1 aromatic rings. The van der Waals surface area contributed by atoms with Gasteiger partial charge in [-0.05, 0) is 17.7 Å². The molecule has 0 saturated heterocycles. The Bertz CT molecular complexity index is 309. The van der Waals surface area contributed by atoms with Crippen molar-refractivity contribution in [1.82, 2.24) is 0 Å². The van der Waals surface area contributed by atoms with Crippen molar-refractivity contribution in [1.29, 1.82) is 0 Å². The van der Waals surface area contributed by atoms with E-state index < -0.39 is 11.4 Å². The second-order valence-corrected chi connectivity index (χ2v) is 2.86. The quantitative estimate of drug-likeness (QED) is 0.783. The summed E-state index contributed by atoms with van der Waals surface area (Å²) in [7, 11) is 0. The lowest BCUT2D eigenvalue weighted by Crippen LogP contribution is -2.00. The number of hydrogen-bond acceptors (Lipinski definition) is 3. The highest BCUT2D eigenvalue weighted by Gasteiger charge is 2.02. The van der Waals surface area contributed by atoms with Crippen molar-refractivity contribution < 1.29 is 19.4 Å². The molecule has 74 valence electrons. The number of hydrogen-bond donors (Lipinski definition) is 1. The third-order valence-electron chi connectivity index (χ3n) is 1.48. The monoisotopic (exact) mass is 214 g/mol. The topological polar surface area (TPSA) is 63.6 Å². The van der Waals surface area contributed by atoms with Crippen LogP contribution in [-0.2, 0) is 11.2 Å². The number of aliphatic carboxylic acids is 1. The predicted octanol–water partition coefficient (Wildman–Crippen LogP) is 2.05. The maximum absolute atomic E-state index is 10.3. The largest absolute Gasteiger partial charge is 0.481 e. The van der Waals surface area contributed by atoms with E-state index in [1.54, 1.807) is 12.1 Å². The van der Waals surface area contributed by atoms with E-state index in [0.717, 1.165) is 0 Å². The molecule has 0 bridgehead atoms. The Morgan fingerprint density at radius 2 is 1.86 bits per heavy atom. The van der Waals surface area contributed by atoms with Crippen molar-refractivity contribution in [2.75, 3.05) is 0 Å². The van der Waals surface area contributed by atoms with Crippen LogP contribution in [0.25, 0.3) is 0 Å². The summed E-state index contributed by atoms with van der Waals surface area (Å²) in [4.78, 5) is 20.6. The van der Waals surface area contributed by atoms with Gasteiger partial charge in [-0.3, -0.25) is 4.79 Å². The van der Waals surface area contributed by atoms with Crippen LogP contribution in [0.4, 0.5) is 4.79 Å². The molecule has 0 atom stereocenters. The third-order valence-corrected chi connectivity index (χ3v) is 1.55. The van der Waals surface area contributed by atoms with Crippen LogP contribution in [0.3, 0.4) is 0 Å². The highest BCUT2D eigenvalue weighted by molar-refractivity contribution is 6.61. The minimum atomic E-state index is -0.920. The van der Waals surface area contributed by atoms with Gasteiger partial charge in [0.1, 0.15) is 5.75 Å². The molecule has 5 heteroatoms. The summed E-state index contributed by atoms with van der Waals surface area (Å²) in [6, 6.07) is 6.09. The first-order chi connectivity index (χ1) is 6.58. The highest BCUT2D eigenvalue weighted by atomic mass is 35.5. The Kier molecular flexibility index (Phi) is 3.48. The fraction of sp³-hybridized carbons (Fsp3) is 0.111. The molecule has 1 N–H and O–H groups in total. The zero-order valence-corrected chi connectivity index (χ0v) is 7.82. The van der Waals surface area contributed by atoms with Gasteiger partial charge in [-0.15, -0.1) is 0 Å². The maximum Gasteiger partial charge on any atom is 0.409 e. The Hall–Kier alpha value is -1.55. The summed E-state index contributed by atoms with van der Waals surface area (Å²) in [5.74, 6) is -0.619. The number of halogens is 1. The van der Waals surface area contributed by atoms with Gasteiger partial charge in [0, 0.05) is 11.6 Å². The Labute approximate surface area is 85.1 Å². The number of carboxylic acid groups (broad SMARTS) is 1. The van der Waals surface area contributed by atoms with Crippen molar-refractivity contribution in [3.05, 3.63) is 29.8 Å². The van der Waals surface area contributed by atoms with Gasteiger partial charge in [0.25, 0.3) is 0 Å². The van der Waals surface area contributed by atoms with Gasteiger partial charge in [0.05, 0.1) is 6.42 Å². The lowest BCUT2D eigenvalue weighted by atomic mass is 10.1. The summed E-state index contributed by atoms with van der Waals surface area (Å²) in [5, 5.41) is 8.48. The second kappa shape index (κ2) is 4.62. The van der Waals surface area contributed by atoms with Crippen LogP contribution >= 0.6 is 11.6 Å². The van der Waals surface area contributed by atoms with E-state index in [9.17, 15) is 9.59 Å². The zero-order valence-electron chi connectivity index (χ0n) is 7.07. The van der Waals surface area contributed by atoms with Gasteiger partial charge >= 0.3 is 11.4 Å². The van der Waals surface area contributed by atoms with Gasteiger partial charge in [0.2, 0.25) is 0 Å². The fourth-order valence-corrected chi connectivity index (χ4v) is 1.03. The molecule has 0 saturated carbocycles. The first-order valence-corrected chi connectivity index (χ1v) is 4.14. The summed E-state index contributed by atoms with van der Waals surface area (Å²) >= 11 is 4.98. The first-order valence-electron chi connectivity index (χ1n) is 3.76. The number of rotatable bonds is 3. The van der Waals surface area contributed by atoms with E-state index >= 15 is 0 Å². The Balaban J connectivity index is 2.68. The average Bonchev–Trinajstić information content (AvgIpc) is 2.06. The molecular formula is C9H7ClO4. The van der Waals surface area contributed by atoms with Crippen LogP contribution in [-0.4, -0.2) is 16.5 Å². The van der Waals surface area contributed by atoms with E-state index in [1.807, 2.05) is 0 Å². The van der Waals surface area contributed by atoms with Gasteiger partial charge < -0.3 is 9.84 Å². The van der Waals surface area contributed by atoms with E-state index in [2.05, 4.69) is 4.74 Å². The number of carboxylic acids is 1. The molecule has 1 rings (SSSR count). The lowest BCUT2D eigenvalue weighted by molar-refractivity contribution is -0.136. The van der Waals surface area contributed by atoms with Crippen molar-refractivity contribution >= 4 is 23.0 Å². The van der Waals surface area contributed by atoms with Crippen molar-refractivity contribution in [2.24, 2.45) is 0 Å². The van der Waals surface area contributed by atoms with Gasteiger partial charge in [-0.25, -0.2) is 4.79 Å².